The molecule has 0 atom stereocenters. The van der Waals surface area contributed by atoms with Gasteiger partial charge >= 0.3 is 0 Å². The first-order chi connectivity index (χ1) is 7.31. The van der Waals surface area contributed by atoms with Gasteiger partial charge in [0, 0.05) is 11.4 Å². The van der Waals surface area contributed by atoms with Crippen LogP contribution in [0.5, 0.6) is 0 Å². The molecule has 0 bridgehead atoms. The second kappa shape index (κ2) is 5.25. The van der Waals surface area contributed by atoms with Crippen LogP contribution >= 0.6 is 11.3 Å². The van der Waals surface area contributed by atoms with Crippen molar-refractivity contribution in [2.24, 2.45) is 0 Å². The summed E-state index contributed by atoms with van der Waals surface area (Å²) in [6.07, 6.45) is 0. The summed E-state index contributed by atoms with van der Waals surface area (Å²) < 4.78 is 0. The zero-order valence-corrected chi connectivity index (χ0v) is 11.7. The molecular formula is C12H22N2OS. The van der Waals surface area contributed by atoms with E-state index in [1.807, 2.05) is 20.8 Å². The fraction of sp³-hybridized carbons (Fsp3) is 0.750. The first-order valence-electron chi connectivity index (χ1n) is 5.69. The molecule has 0 aliphatic heterocycles. The highest BCUT2D eigenvalue weighted by atomic mass is 32.1. The molecule has 0 unspecified atom stereocenters. The Kier molecular flexibility index (Phi) is 4.47. The minimum absolute atomic E-state index is 0.642. The molecule has 0 radical (unpaired) electrons. The van der Waals surface area contributed by atoms with Gasteiger partial charge < -0.3 is 5.11 Å². The van der Waals surface area contributed by atoms with Crippen molar-refractivity contribution in [1.29, 1.82) is 0 Å². The number of hydrogen-bond donors (Lipinski definition) is 1. The van der Waals surface area contributed by atoms with E-state index >= 15 is 0 Å². The number of aromatic nitrogens is 1. The molecule has 3 nitrogen and oxygen atoms in total. The van der Waals surface area contributed by atoms with Gasteiger partial charge in [-0.25, -0.2) is 4.98 Å². The lowest BCUT2D eigenvalue weighted by molar-refractivity contribution is 0.0353. The molecule has 0 saturated heterocycles. The molecular weight excluding hydrogens is 220 g/mol. The Labute approximate surface area is 102 Å². The highest BCUT2D eigenvalue weighted by Crippen LogP contribution is 2.18. The molecule has 0 saturated carbocycles. The van der Waals surface area contributed by atoms with Crippen LogP contribution in [0.1, 0.15) is 36.3 Å². The molecule has 4 heteroatoms. The van der Waals surface area contributed by atoms with Gasteiger partial charge in [0.25, 0.3) is 0 Å². The number of aryl methyl sites for hydroxylation is 2. The van der Waals surface area contributed by atoms with Crippen LogP contribution in [0.2, 0.25) is 0 Å². The van der Waals surface area contributed by atoms with E-state index in [0.29, 0.717) is 6.54 Å². The summed E-state index contributed by atoms with van der Waals surface area (Å²) in [5.41, 5.74) is 0.483. The molecule has 0 aromatic carbocycles. The Balaban J connectivity index is 2.63. The van der Waals surface area contributed by atoms with Gasteiger partial charge in [0.15, 0.2) is 0 Å². The topological polar surface area (TPSA) is 36.4 Å². The van der Waals surface area contributed by atoms with Crippen LogP contribution < -0.4 is 0 Å². The third-order valence-corrected chi connectivity index (χ3v) is 3.55. The molecule has 1 rings (SSSR count). The molecule has 0 fully saturated rings. The van der Waals surface area contributed by atoms with Gasteiger partial charge in [-0.05, 0) is 34.2 Å². The van der Waals surface area contributed by atoms with E-state index in [4.69, 9.17) is 0 Å². The molecule has 92 valence electrons. The lowest BCUT2D eigenvalue weighted by Crippen LogP contribution is -2.38. The number of hydrogen-bond acceptors (Lipinski definition) is 4. The Hall–Kier alpha value is -0.450. The largest absolute Gasteiger partial charge is 0.389 e. The van der Waals surface area contributed by atoms with E-state index in [-0.39, 0.29) is 0 Å². The maximum Gasteiger partial charge on any atom is 0.107 e. The summed E-state index contributed by atoms with van der Waals surface area (Å²) in [5, 5.41) is 10.9. The van der Waals surface area contributed by atoms with Crippen molar-refractivity contribution in [2.75, 3.05) is 13.1 Å². The molecule has 1 N–H and O–H groups in total. The van der Waals surface area contributed by atoms with Gasteiger partial charge in [-0.1, -0.05) is 6.92 Å². The van der Waals surface area contributed by atoms with Gasteiger partial charge in [-0.15, -0.1) is 11.3 Å². The zero-order chi connectivity index (χ0) is 12.3. The number of aliphatic hydroxyl groups is 1. The molecule has 1 aromatic heterocycles. The van der Waals surface area contributed by atoms with Crippen LogP contribution in [-0.4, -0.2) is 33.7 Å². The van der Waals surface area contributed by atoms with Crippen molar-refractivity contribution in [1.82, 2.24) is 9.88 Å². The van der Waals surface area contributed by atoms with E-state index in [1.54, 1.807) is 11.3 Å². The standard InChI is InChI=1S/C12H22N2OS/c1-6-14(8-12(4,5)15)7-11-13-9(2)10(3)16-11/h15H,6-8H2,1-5H3. The molecule has 16 heavy (non-hydrogen) atoms. The third-order valence-electron chi connectivity index (χ3n) is 2.49. The average molecular weight is 242 g/mol. The van der Waals surface area contributed by atoms with Crippen molar-refractivity contribution in [3.63, 3.8) is 0 Å². The third kappa shape index (κ3) is 4.20. The number of likely N-dealkylation sites (N-methyl/N-ethyl adjacent to an activating group) is 1. The number of thiazole rings is 1. The van der Waals surface area contributed by atoms with Crippen molar-refractivity contribution in [2.45, 2.75) is 46.8 Å². The van der Waals surface area contributed by atoms with Gasteiger partial charge in [0.1, 0.15) is 5.01 Å². The predicted molar refractivity (Wildman–Crippen MR) is 68.8 cm³/mol. The Bertz CT molecular complexity index is 322. The monoisotopic (exact) mass is 242 g/mol. The van der Waals surface area contributed by atoms with Crippen molar-refractivity contribution in [3.05, 3.63) is 15.6 Å². The smallest absolute Gasteiger partial charge is 0.107 e. The number of nitrogens with zero attached hydrogens (tertiary/aromatic N) is 2. The van der Waals surface area contributed by atoms with Crippen molar-refractivity contribution >= 4 is 11.3 Å². The van der Waals surface area contributed by atoms with E-state index in [1.165, 1.54) is 4.88 Å². The van der Waals surface area contributed by atoms with E-state index in [2.05, 4.69) is 23.7 Å². The lowest BCUT2D eigenvalue weighted by atomic mass is 10.1. The second-order valence-corrected chi connectivity index (χ2v) is 6.15. The van der Waals surface area contributed by atoms with Crippen LogP contribution in [0.25, 0.3) is 0 Å². The zero-order valence-electron chi connectivity index (χ0n) is 10.9. The summed E-state index contributed by atoms with van der Waals surface area (Å²) in [4.78, 5) is 8.03. The van der Waals surface area contributed by atoms with Crippen LogP contribution in [0.3, 0.4) is 0 Å². The minimum atomic E-state index is -0.642. The first kappa shape index (κ1) is 13.6. The summed E-state index contributed by atoms with van der Waals surface area (Å²) >= 11 is 1.75. The number of rotatable bonds is 5. The predicted octanol–water partition coefficient (Wildman–Crippen LogP) is 2.35. The van der Waals surface area contributed by atoms with E-state index in [0.717, 1.165) is 23.8 Å². The molecule has 1 aromatic rings. The summed E-state index contributed by atoms with van der Waals surface area (Å²) in [6, 6.07) is 0. The summed E-state index contributed by atoms with van der Waals surface area (Å²) in [6.45, 7) is 12.4. The second-order valence-electron chi connectivity index (χ2n) is 4.86. The van der Waals surface area contributed by atoms with E-state index in [9.17, 15) is 5.11 Å². The molecule has 1 heterocycles. The minimum Gasteiger partial charge on any atom is -0.389 e. The van der Waals surface area contributed by atoms with Crippen molar-refractivity contribution < 1.29 is 5.11 Å². The summed E-state index contributed by atoms with van der Waals surface area (Å²) in [5.74, 6) is 0. The molecule has 0 spiro atoms. The molecule has 0 aliphatic rings. The Morgan fingerprint density at radius 1 is 1.38 bits per heavy atom. The van der Waals surface area contributed by atoms with Crippen LogP contribution in [0.4, 0.5) is 0 Å². The van der Waals surface area contributed by atoms with Crippen LogP contribution in [0, 0.1) is 13.8 Å². The fourth-order valence-corrected chi connectivity index (χ4v) is 2.60. The van der Waals surface area contributed by atoms with Gasteiger partial charge in [-0.3, -0.25) is 4.90 Å². The first-order valence-corrected chi connectivity index (χ1v) is 6.51. The van der Waals surface area contributed by atoms with Gasteiger partial charge in [0.2, 0.25) is 0 Å². The van der Waals surface area contributed by atoms with Gasteiger partial charge in [-0.2, -0.15) is 0 Å². The molecule has 0 amide bonds. The maximum atomic E-state index is 9.80. The average Bonchev–Trinajstić information content (AvgIpc) is 2.42. The Morgan fingerprint density at radius 2 is 2.00 bits per heavy atom. The fourth-order valence-electron chi connectivity index (χ4n) is 1.62. The lowest BCUT2D eigenvalue weighted by Gasteiger charge is -2.27. The summed E-state index contributed by atoms with van der Waals surface area (Å²) in [7, 11) is 0. The van der Waals surface area contributed by atoms with Gasteiger partial charge in [0.05, 0.1) is 17.8 Å². The normalized spacial score (nSPS) is 12.4. The van der Waals surface area contributed by atoms with E-state index < -0.39 is 5.60 Å². The van der Waals surface area contributed by atoms with Crippen LogP contribution in [0.15, 0.2) is 0 Å². The quantitative estimate of drug-likeness (QED) is 0.861. The maximum absolute atomic E-state index is 9.80. The Morgan fingerprint density at radius 3 is 2.38 bits per heavy atom. The van der Waals surface area contributed by atoms with Crippen molar-refractivity contribution in [3.8, 4) is 0 Å². The highest BCUT2D eigenvalue weighted by Gasteiger charge is 2.18. The molecule has 0 aliphatic carbocycles. The van der Waals surface area contributed by atoms with Crippen LogP contribution in [-0.2, 0) is 6.54 Å². The highest BCUT2D eigenvalue weighted by molar-refractivity contribution is 7.11. The SMILES string of the molecule is CCN(Cc1nc(C)c(C)s1)CC(C)(C)O.